The fraction of sp³-hybridized carbons (Fsp3) is 0.565. The Balaban J connectivity index is 2.13. The zero-order valence-electron chi connectivity index (χ0n) is 18.6. The number of nitrogens with one attached hydrogen (secondary N) is 2. The molecule has 0 aromatic heterocycles. The van der Waals surface area contributed by atoms with Crippen molar-refractivity contribution >= 4 is 23.8 Å². The molecule has 0 saturated heterocycles. The first-order valence-corrected chi connectivity index (χ1v) is 11.0. The smallest absolute Gasteiger partial charge is 0.337 e. The zero-order valence-corrected chi connectivity index (χ0v) is 18.6. The normalized spacial score (nSPS) is 11.4. The van der Waals surface area contributed by atoms with Gasteiger partial charge in [0.25, 0.3) is 5.91 Å². The highest BCUT2D eigenvalue weighted by Crippen LogP contribution is 2.13. The van der Waals surface area contributed by atoms with Crippen molar-refractivity contribution in [2.45, 2.75) is 76.7 Å². The number of carboxylic acid groups (broad SMARTS) is 1. The van der Waals surface area contributed by atoms with Gasteiger partial charge in [-0.3, -0.25) is 19.6 Å². The van der Waals surface area contributed by atoms with E-state index < -0.39 is 17.9 Å². The average molecular weight is 451 g/mol. The van der Waals surface area contributed by atoms with Crippen LogP contribution in [0.5, 0.6) is 0 Å². The second-order valence-corrected chi connectivity index (χ2v) is 7.70. The Labute approximate surface area is 188 Å². The number of unbranched alkanes of at least 4 members (excludes halogenated alkanes) is 6. The lowest BCUT2D eigenvalue weighted by atomic mass is 10.0. The highest BCUT2D eigenvalue weighted by molar-refractivity contribution is 5.89. The van der Waals surface area contributed by atoms with Crippen LogP contribution in [0.25, 0.3) is 0 Å². The quantitative estimate of drug-likeness (QED) is 0.131. The van der Waals surface area contributed by atoms with Gasteiger partial charge in [-0.25, -0.2) is 10.3 Å². The molecular formula is C23H34N2O7. The first kappa shape index (κ1) is 27.1. The summed E-state index contributed by atoms with van der Waals surface area (Å²) >= 11 is 0. The number of amides is 2. The predicted molar refractivity (Wildman–Crippen MR) is 117 cm³/mol. The Hall–Kier alpha value is -2.94. The summed E-state index contributed by atoms with van der Waals surface area (Å²) in [4.78, 5) is 45.7. The molecule has 0 bridgehead atoms. The number of hydroxylamine groups is 1. The summed E-state index contributed by atoms with van der Waals surface area (Å²) in [5.74, 6) is -2.56. The molecule has 9 nitrogen and oxygen atoms in total. The van der Waals surface area contributed by atoms with Crippen LogP contribution in [0, 0.1) is 0 Å². The highest BCUT2D eigenvalue weighted by atomic mass is 16.5. The second-order valence-electron chi connectivity index (χ2n) is 7.70. The minimum atomic E-state index is -1.08. The van der Waals surface area contributed by atoms with Gasteiger partial charge in [-0.1, -0.05) is 44.2 Å². The standard InChI is InChI=1S/C23H34N2O7/c1-32-23(30)18-12-9-11-17(16-18)10-7-5-3-2-4-6-8-13-20(26)24-19(22(29)25-31)14-15-21(27)28/h9,11-12,16,19,31H,2-8,10,13-15H2,1H3,(H,24,26)(H,25,29)(H,27,28)/t19-/m1/s1. The van der Waals surface area contributed by atoms with E-state index in [0.29, 0.717) is 12.0 Å². The number of ether oxygens (including phenoxy) is 1. The van der Waals surface area contributed by atoms with Gasteiger partial charge in [0.05, 0.1) is 12.7 Å². The van der Waals surface area contributed by atoms with E-state index in [0.717, 1.165) is 50.5 Å². The monoisotopic (exact) mass is 450 g/mol. The van der Waals surface area contributed by atoms with E-state index in [4.69, 9.17) is 15.1 Å². The molecule has 1 aromatic carbocycles. The van der Waals surface area contributed by atoms with E-state index in [2.05, 4.69) is 5.32 Å². The topological polar surface area (TPSA) is 142 Å². The number of rotatable bonds is 16. The zero-order chi connectivity index (χ0) is 23.8. The first-order chi connectivity index (χ1) is 15.4. The molecule has 32 heavy (non-hydrogen) atoms. The number of benzene rings is 1. The van der Waals surface area contributed by atoms with Crippen LogP contribution in [0.3, 0.4) is 0 Å². The van der Waals surface area contributed by atoms with Gasteiger partial charge in [0, 0.05) is 12.8 Å². The minimum absolute atomic E-state index is 0.0829. The Kier molecular flexibility index (Phi) is 13.4. The van der Waals surface area contributed by atoms with Crippen molar-refractivity contribution in [3.8, 4) is 0 Å². The van der Waals surface area contributed by atoms with Crippen molar-refractivity contribution in [2.75, 3.05) is 7.11 Å². The summed E-state index contributed by atoms with van der Waals surface area (Å²) in [7, 11) is 1.37. The number of carbonyl (C=O) groups excluding carboxylic acids is 3. The molecule has 9 heteroatoms. The average Bonchev–Trinajstić information content (AvgIpc) is 2.79. The molecule has 0 aliphatic rings. The van der Waals surface area contributed by atoms with Crippen LogP contribution in [-0.2, 0) is 25.5 Å². The fourth-order valence-electron chi connectivity index (χ4n) is 3.35. The van der Waals surface area contributed by atoms with Crippen molar-refractivity contribution in [1.82, 2.24) is 10.8 Å². The molecule has 1 rings (SSSR count). The van der Waals surface area contributed by atoms with Crippen molar-refractivity contribution < 1.29 is 34.2 Å². The lowest BCUT2D eigenvalue weighted by molar-refractivity contribution is -0.139. The van der Waals surface area contributed by atoms with E-state index in [1.165, 1.54) is 12.6 Å². The number of methoxy groups -OCH3 is 1. The third-order valence-corrected chi connectivity index (χ3v) is 5.13. The lowest BCUT2D eigenvalue weighted by Gasteiger charge is -2.15. The fourth-order valence-corrected chi connectivity index (χ4v) is 3.35. The van der Waals surface area contributed by atoms with E-state index in [-0.39, 0.29) is 31.1 Å². The Bertz CT molecular complexity index is 752. The number of aliphatic carboxylic acids is 1. The van der Waals surface area contributed by atoms with Crippen LogP contribution >= 0.6 is 0 Å². The maximum atomic E-state index is 12.0. The minimum Gasteiger partial charge on any atom is -0.481 e. The largest absolute Gasteiger partial charge is 0.481 e. The summed E-state index contributed by atoms with van der Waals surface area (Å²) in [5.41, 5.74) is 3.14. The summed E-state index contributed by atoms with van der Waals surface area (Å²) in [6.07, 6.45) is 7.66. The number of hydrogen-bond donors (Lipinski definition) is 4. The lowest BCUT2D eigenvalue weighted by Crippen LogP contribution is -2.46. The molecule has 2 amide bonds. The van der Waals surface area contributed by atoms with Crippen LogP contribution in [-0.4, -0.2) is 47.2 Å². The first-order valence-electron chi connectivity index (χ1n) is 11.0. The molecule has 0 spiro atoms. The number of hydrogen-bond acceptors (Lipinski definition) is 6. The van der Waals surface area contributed by atoms with E-state index in [9.17, 15) is 19.2 Å². The predicted octanol–water partition coefficient (Wildman–Crippen LogP) is 2.99. The van der Waals surface area contributed by atoms with Crippen LogP contribution in [0.15, 0.2) is 24.3 Å². The Morgan fingerprint density at radius 2 is 1.62 bits per heavy atom. The Morgan fingerprint density at radius 1 is 0.969 bits per heavy atom. The van der Waals surface area contributed by atoms with Gasteiger partial charge in [0.1, 0.15) is 6.04 Å². The molecule has 1 aromatic rings. The van der Waals surface area contributed by atoms with E-state index >= 15 is 0 Å². The molecule has 0 saturated carbocycles. The van der Waals surface area contributed by atoms with Gasteiger partial charge in [-0.15, -0.1) is 0 Å². The van der Waals surface area contributed by atoms with Crippen molar-refractivity contribution in [2.24, 2.45) is 0 Å². The molecule has 0 aliphatic heterocycles. The molecule has 0 fully saturated rings. The number of carbonyl (C=O) groups is 4. The summed E-state index contributed by atoms with van der Waals surface area (Å²) in [6.45, 7) is 0. The molecule has 0 unspecified atom stereocenters. The molecule has 0 radical (unpaired) electrons. The van der Waals surface area contributed by atoms with Gasteiger partial charge in [0.2, 0.25) is 5.91 Å². The van der Waals surface area contributed by atoms with Gasteiger partial charge in [0.15, 0.2) is 0 Å². The van der Waals surface area contributed by atoms with Gasteiger partial charge in [-0.05, 0) is 43.4 Å². The maximum Gasteiger partial charge on any atom is 0.337 e. The van der Waals surface area contributed by atoms with Crippen molar-refractivity contribution in [1.29, 1.82) is 0 Å². The van der Waals surface area contributed by atoms with Crippen LogP contribution in [0.1, 0.15) is 80.1 Å². The summed E-state index contributed by atoms with van der Waals surface area (Å²) in [6, 6.07) is 6.42. The van der Waals surface area contributed by atoms with Crippen LogP contribution < -0.4 is 10.8 Å². The number of esters is 1. The SMILES string of the molecule is COC(=O)c1cccc(CCCCCCCCCC(=O)N[C@H](CCC(=O)O)C(=O)NO)c1. The molecule has 4 N–H and O–H groups in total. The van der Waals surface area contributed by atoms with Gasteiger partial charge < -0.3 is 15.2 Å². The van der Waals surface area contributed by atoms with Crippen molar-refractivity contribution in [3.63, 3.8) is 0 Å². The van der Waals surface area contributed by atoms with Crippen LogP contribution in [0.4, 0.5) is 0 Å². The van der Waals surface area contributed by atoms with Crippen LogP contribution in [0.2, 0.25) is 0 Å². The number of carboxylic acids is 1. The molecule has 1 atom stereocenters. The molecule has 0 heterocycles. The third-order valence-electron chi connectivity index (χ3n) is 5.13. The summed E-state index contributed by atoms with van der Waals surface area (Å²) in [5, 5.41) is 19.9. The van der Waals surface area contributed by atoms with Crippen molar-refractivity contribution in [3.05, 3.63) is 35.4 Å². The third kappa shape index (κ3) is 11.5. The molecule has 0 aliphatic carbocycles. The van der Waals surface area contributed by atoms with Gasteiger partial charge >= 0.3 is 11.9 Å². The van der Waals surface area contributed by atoms with E-state index in [1.807, 2.05) is 18.2 Å². The second kappa shape index (κ2) is 15.8. The Morgan fingerprint density at radius 3 is 2.25 bits per heavy atom. The molecule has 178 valence electrons. The summed E-state index contributed by atoms with van der Waals surface area (Å²) < 4.78 is 4.74. The van der Waals surface area contributed by atoms with Gasteiger partial charge in [-0.2, -0.15) is 0 Å². The molecular weight excluding hydrogens is 416 g/mol. The highest BCUT2D eigenvalue weighted by Gasteiger charge is 2.21. The van der Waals surface area contributed by atoms with E-state index in [1.54, 1.807) is 6.07 Å². The number of aryl methyl sites for hydroxylation is 1. The maximum absolute atomic E-state index is 12.0.